The van der Waals surface area contributed by atoms with Crippen molar-refractivity contribution in [2.24, 2.45) is 0 Å². The Bertz CT molecular complexity index is 798. The van der Waals surface area contributed by atoms with E-state index in [0.29, 0.717) is 5.88 Å². The van der Waals surface area contributed by atoms with Crippen LogP contribution in [0.25, 0.3) is 0 Å². The lowest BCUT2D eigenvalue weighted by Crippen LogP contribution is -2.06. The van der Waals surface area contributed by atoms with E-state index >= 15 is 0 Å². The molecule has 3 nitrogen and oxygen atoms in total. The van der Waals surface area contributed by atoms with Crippen LogP contribution in [-0.2, 0) is 11.2 Å². The van der Waals surface area contributed by atoms with Crippen LogP contribution in [0.5, 0.6) is 5.88 Å². The number of hydrogen-bond acceptors (Lipinski definition) is 3. The Kier molecular flexibility index (Phi) is 14.7. The van der Waals surface area contributed by atoms with Crippen molar-refractivity contribution < 1.29 is 9.53 Å². The van der Waals surface area contributed by atoms with E-state index in [4.69, 9.17) is 4.74 Å². The third kappa shape index (κ3) is 12.2. The Labute approximate surface area is 208 Å². The number of rotatable bonds is 18. The van der Waals surface area contributed by atoms with Gasteiger partial charge in [0.15, 0.2) is 0 Å². The van der Waals surface area contributed by atoms with Crippen molar-refractivity contribution in [2.45, 2.75) is 110 Å². The monoisotopic (exact) mass is 463 g/mol. The SMILES string of the molecule is CCCCCCCCc1ccc(OC(=O)C=CC(CCCCCCCC)c2ccccc2)nc1. The van der Waals surface area contributed by atoms with Crippen LogP contribution in [0.2, 0.25) is 0 Å². The summed E-state index contributed by atoms with van der Waals surface area (Å²) in [5, 5.41) is 0. The van der Waals surface area contributed by atoms with Crippen molar-refractivity contribution in [1.82, 2.24) is 4.98 Å². The molecule has 0 aliphatic rings. The molecule has 1 unspecified atom stereocenters. The smallest absolute Gasteiger partial charge is 0.337 e. The predicted molar refractivity (Wildman–Crippen MR) is 143 cm³/mol. The number of hydrogen-bond donors (Lipinski definition) is 0. The van der Waals surface area contributed by atoms with E-state index in [-0.39, 0.29) is 11.9 Å². The van der Waals surface area contributed by atoms with Crippen molar-refractivity contribution in [3.05, 3.63) is 71.9 Å². The normalized spacial score (nSPS) is 12.2. The molecule has 34 heavy (non-hydrogen) atoms. The molecule has 0 fully saturated rings. The molecular formula is C31H45NO2. The summed E-state index contributed by atoms with van der Waals surface area (Å²) in [6, 6.07) is 14.3. The van der Waals surface area contributed by atoms with Crippen LogP contribution in [0.15, 0.2) is 60.8 Å². The summed E-state index contributed by atoms with van der Waals surface area (Å²) in [6.07, 6.45) is 22.8. The van der Waals surface area contributed by atoms with Gasteiger partial charge < -0.3 is 4.74 Å². The molecule has 3 heteroatoms. The third-order valence-corrected chi connectivity index (χ3v) is 6.38. The number of pyridine rings is 1. The molecule has 0 spiro atoms. The Morgan fingerprint density at radius 2 is 1.47 bits per heavy atom. The highest BCUT2D eigenvalue weighted by atomic mass is 16.5. The second-order valence-electron chi connectivity index (χ2n) is 9.38. The van der Waals surface area contributed by atoms with Crippen LogP contribution in [-0.4, -0.2) is 11.0 Å². The van der Waals surface area contributed by atoms with Crippen molar-refractivity contribution in [2.75, 3.05) is 0 Å². The minimum absolute atomic E-state index is 0.229. The molecule has 0 saturated carbocycles. The van der Waals surface area contributed by atoms with E-state index in [1.165, 1.54) is 88.2 Å². The van der Waals surface area contributed by atoms with Gasteiger partial charge in [0.25, 0.3) is 0 Å². The maximum Gasteiger partial charge on any atom is 0.337 e. The van der Waals surface area contributed by atoms with Gasteiger partial charge in [-0.25, -0.2) is 9.78 Å². The molecule has 0 aliphatic heterocycles. The van der Waals surface area contributed by atoms with Crippen molar-refractivity contribution in [1.29, 1.82) is 0 Å². The average molecular weight is 464 g/mol. The van der Waals surface area contributed by atoms with Gasteiger partial charge in [-0.2, -0.15) is 0 Å². The summed E-state index contributed by atoms with van der Waals surface area (Å²) >= 11 is 0. The fourth-order valence-corrected chi connectivity index (χ4v) is 4.28. The highest BCUT2D eigenvalue weighted by molar-refractivity contribution is 5.83. The third-order valence-electron chi connectivity index (χ3n) is 6.38. The first kappa shape index (κ1) is 27.8. The molecule has 0 bridgehead atoms. The van der Waals surface area contributed by atoms with Gasteiger partial charge in [-0.15, -0.1) is 0 Å². The number of carbonyl (C=O) groups is 1. The summed E-state index contributed by atoms with van der Waals surface area (Å²) in [6.45, 7) is 4.49. The fourth-order valence-electron chi connectivity index (χ4n) is 4.28. The van der Waals surface area contributed by atoms with Crippen LogP contribution in [0.3, 0.4) is 0 Å². The number of allylic oxidation sites excluding steroid dienone is 1. The minimum atomic E-state index is -0.361. The maximum atomic E-state index is 12.4. The highest BCUT2D eigenvalue weighted by Crippen LogP contribution is 2.24. The quantitative estimate of drug-likeness (QED) is 0.126. The molecule has 1 aromatic carbocycles. The van der Waals surface area contributed by atoms with Crippen LogP contribution < -0.4 is 4.74 Å². The number of nitrogens with zero attached hydrogens (tertiary/aromatic N) is 1. The van der Waals surface area contributed by atoms with E-state index in [1.807, 2.05) is 30.5 Å². The second kappa shape index (κ2) is 18.0. The number of benzene rings is 1. The van der Waals surface area contributed by atoms with E-state index < -0.39 is 0 Å². The molecule has 0 saturated heterocycles. The fraction of sp³-hybridized carbons (Fsp3) is 0.548. The maximum absolute atomic E-state index is 12.4. The van der Waals surface area contributed by atoms with E-state index in [0.717, 1.165) is 12.8 Å². The molecule has 1 heterocycles. The lowest BCUT2D eigenvalue weighted by molar-refractivity contribution is -0.129. The van der Waals surface area contributed by atoms with Crippen molar-refractivity contribution in [3.63, 3.8) is 0 Å². The number of carbonyl (C=O) groups excluding carboxylic acids is 1. The molecule has 2 rings (SSSR count). The van der Waals surface area contributed by atoms with Crippen LogP contribution in [0, 0.1) is 0 Å². The first-order chi connectivity index (χ1) is 16.7. The van der Waals surface area contributed by atoms with Crippen molar-refractivity contribution in [3.8, 4) is 5.88 Å². The van der Waals surface area contributed by atoms with E-state index in [1.54, 1.807) is 6.08 Å². The zero-order valence-corrected chi connectivity index (χ0v) is 21.5. The molecular weight excluding hydrogens is 418 g/mol. The van der Waals surface area contributed by atoms with Gasteiger partial charge >= 0.3 is 5.97 Å². The Hall–Kier alpha value is -2.42. The summed E-state index contributed by atoms with van der Waals surface area (Å²) in [4.78, 5) is 16.8. The second-order valence-corrected chi connectivity index (χ2v) is 9.38. The van der Waals surface area contributed by atoms with Gasteiger partial charge in [-0.05, 0) is 30.4 Å². The van der Waals surface area contributed by atoms with Gasteiger partial charge in [0.05, 0.1) is 0 Å². The van der Waals surface area contributed by atoms with E-state index in [2.05, 4.69) is 43.1 Å². The minimum Gasteiger partial charge on any atom is -0.404 e. The van der Waals surface area contributed by atoms with Gasteiger partial charge in [-0.1, -0.05) is 127 Å². The largest absolute Gasteiger partial charge is 0.404 e. The van der Waals surface area contributed by atoms with Gasteiger partial charge in [-0.3, -0.25) is 0 Å². The van der Waals surface area contributed by atoms with Gasteiger partial charge in [0.1, 0.15) is 0 Å². The number of unbranched alkanes of at least 4 members (excludes halogenated alkanes) is 10. The zero-order chi connectivity index (χ0) is 24.3. The molecule has 0 aliphatic carbocycles. The van der Waals surface area contributed by atoms with Crippen LogP contribution in [0.1, 0.15) is 114 Å². The zero-order valence-electron chi connectivity index (χ0n) is 21.5. The number of aryl methyl sites for hydroxylation is 1. The topological polar surface area (TPSA) is 39.2 Å². The average Bonchev–Trinajstić information content (AvgIpc) is 2.86. The predicted octanol–water partition coefficient (Wildman–Crippen LogP) is 8.98. The van der Waals surface area contributed by atoms with Crippen molar-refractivity contribution >= 4 is 5.97 Å². The highest BCUT2D eigenvalue weighted by Gasteiger charge is 2.10. The summed E-state index contributed by atoms with van der Waals surface area (Å²) < 4.78 is 5.46. The van der Waals surface area contributed by atoms with Crippen LogP contribution >= 0.6 is 0 Å². The lowest BCUT2D eigenvalue weighted by Gasteiger charge is -2.13. The van der Waals surface area contributed by atoms with Gasteiger partial charge in [0, 0.05) is 24.3 Å². The number of aromatic nitrogens is 1. The summed E-state index contributed by atoms with van der Waals surface area (Å²) in [5.41, 5.74) is 2.45. The lowest BCUT2D eigenvalue weighted by atomic mass is 9.92. The summed E-state index contributed by atoms with van der Waals surface area (Å²) in [5.74, 6) is 0.237. The first-order valence-electron chi connectivity index (χ1n) is 13.6. The Morgan fingerprint density at radius 1 is 0.824 bits per heavy atom. The first-order valence-corrected chi connectivity index (χ1v) is 13.6. The molecule has 1 atom stereocenters. The molecule has 0 radical (unpaired) electrons. The van der Waals surface area contributed by atoms with Gasteiger partial charge in [0.2, 0.25) is 5.88 Å². The number of ether oxygens (including phenoxy) is 1. The Balaban J connectivity index is 1.80. The molecule has 0 amide bonds. The molecule has 0 N–H and O–H groups in total. The Morgan fingerprint density at radius 3 is 2.12 bits per heavy atom. The molecule has 1 aromatic heterocycles. The van der Waals surface area contributed by atoms with E-state index in [9.17, 15) is 4.79 Å². The molecule has 186 valence electrons. The standard InChI is InChI=1S/C31H45NO2/c1-3-5-7-9-11-14-18-27-22-24-30(32-26-27)34-31(33)25-23-29(28-19-16-13-17-20-28)21-15-12-10-8-6-4-2/h13,16-17,19-20,22-26,29H,3-12,14-15,18,21H2,1-2H3. The molecule has 2 aromatic rings. The summed E-state index contributed by atoms with van der Waals surface area (Å²) in [7, 11) is 0. The number of esters is 1. The van der Waals surface area contributed by atoms with Crippen LogP contribution in [0.4, 0.5) is 0 Å².